The highest BCUT2D eigenvalue weighted by Gasteiger charge is 2.61. The molecule has 1 aliphatic heterocycles. The third kappa shape index (κ3) is 5.28. The Morgan fingerprint density at radius 2 is 1.82 bits per heavy atom. The zero-order valence-electron chi connectivity index (χ0n) is 24.8. The van der Waals surface area contributed by atoms with E-state index in [2.05, 4.69) is 34.6 Å². The van der Waals surface area contributed by atoms with Gasteiger partial charge in [-0.3, -0.25) is 9.59 Å². The topological polar surface area (TPSA) is 55.8 Å². The third-order valence-corrected chi connectivity index (χ3v) is 11.9. The molecule has 1 heterocycles. The Labute approximate surface area is 231 Å². The maximum absolute atomic E-state index is 13.8. The smallest absolute Gasteiger partial charge is 0.248 e. The first kappa shape index (κ1) is 28.3. The van der Waals surface area contributed by atoms with Crippen molar-refractivity contribution in [1.82, 2.24) is 4.90 Å². The molecule has 0 aromatic heterocycles. The summed E-state index contributed by atoms with van der Waals surface area (Å²) in [5, 5.41) is 0. The third-order valence-electron chi connectivity index (χ3n) is 11.9. The van der Waals surface area contributed by atoms with Gasteiger partial charge in [-0.1, -0.05) is 59.5 Å². The first-order chi connectivity index (χ1) is 18.1. The van der Waals surface area contributed by atoms with Crippen LogP contribution in [0.5, 0.6) is 0 Å². The number of nitrogens with zero attached hydrogens (tertiary/aromatic N) is 1. The molecule has 214 valence electrons. The van der Waals surface area contributed by atoms with Crippen LogP contribution in [0.2, 0.25) is 0 Å². The highest BCUT2D eigenvalue weighted by Crippen LogP contribution is 2.66. The lowest BCUT2D eigenvalue weighted by molar-refractivity contribution is -0.144. The molecule has 5 nitrogen and oxygen atoms in total. The molecule has 38 heavy (non-hydrogen) atoms. The molecule has 1 amide bonds. The first-order valence-corrected chi connectivity index (χ1v) is 15.9. The van der Waals surface area contributed by atoms with Crippen LogP contribution in [-0.2, 0) is 19.1 Å². The summed E-state index contributed by atoms with van der Waals surface area (Å²) >= 11 is 0. The molecule has 0 spiro atoms. The van der Waals surface area contributed by atoms with Crippen LogP contribution in [-0.4, -0.2) is 55.6 Å². The Morgan fingerprint density at radius 3 is 2.55 bits per heavy atom. The van der Waals surface area contributed by atoms with Crippen LogP contribution in [0.4, 0.5) is 0 Å². The monoisotopic (exact) mass is 527 g/mol. The van der Waals surface area contributed by atoms with E-state index in [0.29, 0.717) is 49.3 Å². The molecule has 1 saturated heterocycles. The number of morpholine rings is 1. The molecule has 0 bridgehead atoms. The van der Waals surface area contributed by atoms with Gasteiger partial charge in [0.2, 0.25) is 5.91 Å². The lowest BCUT2D eigenvalue weighted by Crippen LogP contribution is -2.54. The van der Waals surface area contributed by atoms with Crippen LogP contribution in [0.25, 0.3) is 0 Å². The minimum absolute atomic E-state index is 0.0417. The van der Waals surface area contributed by atoms with Crippen LogP contribution >= 0.6 is 0 Å². The maximum Gasteiger partial charge on any atom is 0.248 e. The molecule has 5 aliphatic rings. The Bertz CT molecular complexity index is 907. The van der Waals surface area contributed by atoms with Gasteiger partial charge in [-0.25, -0.2) is 0 Å². The number of fused-ring (bicyclic) bond motifs is 5. The van der Waals surface area contributed by atoms with Gasteiger partial charge in [0, 0.05) is 19.0 Å². The van der Waals surface area contributed by atoms with E-state index in [1.54, 1.807) is 0 Å². The zero-order valence-corrected chi connectivity index (χ0v) is 24.8. The Hall–Kier alpha value is -1.20. The SMILES string of the molecule is CC(C)CCC[C@@H](C)[C@H]1CC[C@H]2[C@@H]3C(=O)C=C4C[C@@H](OCC(=O)N5CCOCC5)CC[C@]4(C)[C@H]3CC[C@]12C. The Morgan fingerprint density at radius 1 is 1.05 bits per heavy atom. The molecule has 8 atom stereocenters. The van der Waals surface area contributed by atoms with Gasteiger partial charge in [0.05, 0.1) is 19.3 Å². The summed E-state index contributed by atoms with van der Waals surface area (Å²) in [4.78, 5) is 28.3. The van der Waals surface area contributed by atoms with E-state index in [-0.39, 0.29) is 30.0 Å². The quantitative estimate of drug-likeness (QED) is 0.364. The number of carbonyl (C=O) groups is 2. The fraction of sp³-hybridized carbons (Fsp3) is 0.879. The van der Waals surface area contributed by atoms with E-state index in [1.165, 1.54) is 50.5 Å². The summed E-state index contributed by atoms with van der Waals surface area (Å²) in [6, 6.07) is 0. The van der Waals surface area contributed by atoms with E-state index >= 15 is 0 Å². The number of rotatable bonds is 8. The van der Waals surface area contributed by atoms with Gasteiger partial charge < -0.3 is 14.4 Å². The summed E-state index contributed by atoms with van der Waals surface area (Å²) < 4.78 is 11.5. The van der Waals surface area contributed by atoms with Crippen molar-refractivity contribution in [2.45, 2.75) is 105 Å². The molecule has 5 heteroatoms. The molecule has 0 aromatic carbocycles. The summed E-state index contributed by atoms with van der Waals surface area (Å²) in [5.74, 6) is 3.99. The van der Waals surface area contributed by atoms with E-state index in [0.717, 1.165) is 37.0 Å². The van der Waals surface area contributed by atoms with Crippen molar-refractivity contribution in [2.75, 3.05) is 32.9 Å². The lowest BCUT2D eigenvalue weighted by Gasteiger charge is -2.57. The molecular weight excluding hydrogens is 474 g/mol. The minimum Gasteiger partial charge on any atom is -0.378 e. The van der Waals surface area contributed by atoms with Crippen LogP contribution < -0.4 is 0 Å². The van der Waals surface area contributed by atoms with Gasteiger partial charge in [-0.15, -0.1) is 0 Å². The maximum atomic E-state index is 13.8. The normalized spacial score (nSPS) is 39.8. The molecule has 3 saturated carbocycles. The van der Waals surface area contributed by atoms with E-state index in [1.807, 2.05) is 11.0 Å². The minimum atomic E-state index is 0.0417. The van der Waals surface area contributed by atoms with Gasteiger partial charge in [-0.05, 0) is 91.4 Å². The van der Waals surface area contributed by atoms with E-state index < -0.39 is 0 Å². The first-order valence-electron chi connectivity index (χ1n) is 15.9. The van der Waals surface area contributed by atoms with Crippen LogP contribution in [0.15, 0.2) is 11.6 Å². The number of hydrogen-bond acceptors (Lipinski definition) is 4. The molecule has 0 unspecified atom stereocenters. The molecule has 0 radical (unpaired) electrons. The average molecular weight is 528 g/mol. The Balaban J connectivity index is 1.24. The predicted molar refractivity (Wildman–Crippen MR) is 151 cm³/mol. The number of hydrogen-bond donors (Lipinski definition) is 0. The number of amides is 1. The molecule has 0 aromatic rings. The highest BCUT2D eigenvalue weighted by molar-refractivity contribution is 5.94. The molecule has 5 rings (SSSR count). The summed E-state index contributed by atoms with van der Waals surface area (Å²) in [6.45, 7) is 14.9. The van der Waals surface area contributed by atoms with Gasteiger partial charge in [0.1, 0.15) is 6.61 Å². The van der Waals surface area contributed by atoms with Gasteiger partial charge in [0.25, 0.3) is 0 Å². The van der Waals surface area contributed by atoms with Crippen LogP contribution in [0.1, 0.15) is 98.8 Å². The number of carbonyl (C=O) groups excluding carboxylic acids is 2. The second kappa shape index (κ2) is 11.4. The van der Waals surface area contributed by atoms with E-state index in [4.69, 9.17) is 9.47 Å². The molecular formula is C33H53NO4. The summed E-state index contributed by atoms with van der Waals surface area (Å²) in [5.41, 5.74) is 1.73. The second-order valence-corrected chi connectivity index (χ2v) is 14.4. The predicted octanol–water partition coefficient (Wildman–Crippen LogP) is 6.45. The lowest BCUT2D eigenvalue weighted by atomic mass is 9.46. The van der Waals surface area contributed by atoms with Crippen molar-refractivity contribution in [3.8, 4) is 0 Å². The summed E-state index contributed by atoms with van der Waals surface area (Å²) in [6.07, 6.45) is 14.0. The van der Waals surface area contributed by atoms with Crippen molar-refractivity contribution in [2.24, 2.45) is 46.3 Å². The van der Waals surface area contributed by atoms with Gasteiger partial charge >= 0.3 is 0 Å². The highest BCUT2D eigenvalue weighted by atomic mass is 16.5. The number of ketones is 1. The molecule has 0 N–H and O–H groups in total. The van der Waals surface area contributed by atoms with Crippen molar-refractivity contribution < 1.29 is 19.1 Å². The van der Waals surface area contributed by atoms with Crippen LogP contribution in [0, 0.1) is 46.3 Å². The number of ether oxygens (including phenoxy) is 2. The van der Waals surface area contributed by atoms with Crippen molar-refractivity contribution >= 4 is 11.7 Å². The van der Waals surface area contributed by atoms with Gasteiger partial charge in [-0.2, -0.15) is 0 Å². The molecule has 4 aliphatic carbocycles. The van der Waals surface area contributed by atoms with E-state index in [9.17, 15) is 9.59 Å². The second-order valence-electron chi connectivity index (χ2n) is 14.4. The zero-order chi connectivity index (χ0) is 27.1. The molecule has 4 fully saturated rings. The summed E-state index contributed by atoms with van der Waals surface area (Å²) in [7, 11) is 0. The standard InChI is InChI=1S/C33H53NO4/c1-22(2)7-6-8-23(3)26-9-10-27-31-28(12-14-33(26,27)5)32(4)13-11-25(19-24(32)20-29(31)35)38-21-30(36)34-15-17-37-18-16-34/h20,22-23,25-28,31H,6-19,21H2,1-5H3/t23-,25+,26-,27+,28+,31+,32+,33-/m1/s1. The number of allylic oxidation sites excluding steroid dienone is 1. The average Bonchev–Trinajstić information content (AvgIpc) is 3.25. The largest absolute Gasteiger partial charge is 0.378 e. The van der Waals surface area contributed by atoms with Crippen molar-refractivity contribution in [1.29, 1.82) is 0 Å². The Kier molecular flexibility index (Phi) is 8.46. The van der Waals surface area contributed by atoms with Crippen molar-refractivity contribution in [3.63, 3.8) is 0 Å². The fourth-order valence-electron chi connectivity index (χ4n) is 9.63. The van der Waals surface area contributed by atoms with Crippen molar-refractivity contribution in [3.05, 3.63) is 11.6 Å². The van der Waals surface area contributed by atoms with Crippen LogP contribution in [0.3, 0.4) is 0 Å². The van der Waals surface area contributed by atoms with Gasteiger partial charge in [0.15, 0.2) is 5.78 Å². The fourth-order valence-corrected chi connectivity index (χ4v) is 9.63.